The molecule has 1 N–H and O–H groups in total. The number of hydrogen-bond donors (Lipinski definition) is 1. The van der Waals surface area contributed by atoms with E-state index in [4.69, 9.17) is 26.4 Å². The second-order valence-corrected chi connectivity index (χ2v) is 9.80. The molecule has 0 spiro atoms. The second kappa shape index (κ2) is 9.09. The van der Waals surface area contributed by atoms with Gasteiger partial charge < -0.3 is 14.7 Å². The van der Waals surface area contributed by atoms with E-state index >= 15 is 0 Å². The van der Waals surface area contributed by atoms with Crippen molar-refractivity contribution in [2.75, 3.05) is 6.61 Å². The number of phenolic OH excluding ortho intramolecular Hbond substituents is 1. The van der Waals surface area contributed by atoms with Crippen LogP contribution in [-0.2, 0) is 4.74 Å². The summed E-state index contributed by atoms with van der Waals surface area (Å²) in [4.78, 5) is 23.4. The topological polar surface area (TPSA) is 92.8 Å². The van der Waals surface area contributed by atoms with Gasteiger partial charge in [0.15, 0.2) is 5.65 Å². The van der Waals surface area contributed by atoms with Crippen molar-refractivity contribution in [1.29, 1.82) is 0 Å². The van der Waals surface area contributed by atoms with E-state index in [1.807, 2.05) is 46.8 Å². The predicted octanol–water partition coefficient (Wildman–Crippen LogP) is 5.68. The van der Waals surface area contributed by atoms with Gasteiger partial charge in [-0.25, -0.2) is 14.3 Å². The molecule has 2 atom stereocenters. The van der Waals surface area contributed by atoms with E-state index in [1.165, 1.54) is 0 Å². The lowest BCUT2D eigenvalue weighted by Gasteiger charge is -2.38. The molecule has 3 aromatic heterocycles. The zero-order valence-corrected chi connectivity index (χ0v) is 20.6. The zero-order valence-electron chi connectivity index (χ0n) is 19.8. The lowest BCUT2D eigenvalue weighted by Crippen LogP contribution is -2.46. The largest absolute Gasteiger partial charge is 0.506 e. The summed E-state index contributed by atoms with van der Waals surface area (Å²) in [6.45, 7) is 2.23. The summed E-state index contributed by atoms with van der Waals surface area (Å²) in [6.07, 6.45) is 8.79. The van der Waals surface area contributed by atoms with Crippen LogP contribution in [0.3, 0.4) is 0 Å². The fraction of sp³-hybridized carbons (Fsp3) is 0.333. The SMILES string of the molecule is CCOC(=O)N1C2CCC1CC(c1ccnc3c(-c4ccc(Cl)c(O)c4)c(-c4ccncc4)nn13)C2. The summed E-state index contributed by atoms with van der Waals surface area (Å²) in [6, 6.07) is 11.4. The summed E-state index contributed by atoms with van der Waals surface area (Å²) in [7, 11) is 0. The molecule has 2 fully saturated rings. The maximum atomic E-state index is 12.6. The maximum Gasteiger partial charge on any atom is 0.410 e. The van der Waals surface area contributed by atoms with Gasteiger partial charge in [-0.05, 0) is 68.5 Å². The molecule has 9 heteroatoms. The second-order valence-electron chi connectivity index (χ2n) is 9.39. The van der Waals surface area contributed by atoms with Gasteiger partial charge in [-0.2, -0.15) is 5.10 Å². The molecule has 0 aliphatic carbocycles. The summed E-state index contributed by atoms with van der Waals surface area (Å²) in [5.74, 6) is 0.239. The Bertz CT molecular complexity index is 1430. The van der Waals surface area contributed by atoms with Crippen molar-refractivity contribution in [3.05, 3.63) is 65.7 Å². The number of benzene rings is 1. The van der Waals surface area contributed by atoms with Crippen LogP contribution in [-0.4, -0.2) is 54.4 Å². The summed E-state index contributed by atoms with van der Waals surface area (Å²) in [5, 5.41) is 15.7. The number of phenols is 1. The van der Waals surface area contributed by atoms with Crippen LogP contribution in [0.2, 0.25) is 5.02 Å². The lowest BCUT2D eigenvalue weighted by atomic mass is 9.88. The summed E-state index contributed by atoms with van der Waals surface area (Å²) < 4.78 is 7.26. The van der Waals surface area contributed by atoms with E-state index in [2.05, 4.69) is 4.98 Å². The molecule has 4 aromatic rings. The van der Waals surface area contributed by atoms with E-state index in [-0.39, 0.29) is 34.9 Å². The highest BCUT2D eigenvalue weighted by atomic mass is 35.5. The molecule has 2 aliphatic rings. The van der Waals surface area contributed by atoms with Crippen LogP contribution in [0.1, 0.15) is 44.2 Å². The molecular formula is C27H26ClN5O3. The number of hydrogen-bond acceptors (Lipinski definition) is 6. The number of pyridine rings is 1. The van der Waals surface area contributed by atoms with E-state index in [0.717, 1.165) is 53.8 Å². The first-order chi connectivity index (χ1) is 17.5. The number of carbonyl (C=O) groups is 1. The standard InChI is InChI=1S/C27H26ClN5O3/c1-2-36-27(35)32-19-4-5-20(32)14-18(13-19)22-9-12-30-26-24(17-3-6-21(28)23(34)15-17)25(31-33(22)26)16-7-10-29-11-8-16/h3,6-12,15,18-20,34H,2,4-5,13-14H2,1H3. The number of ether oxygens (including phenoxy) is 1. The Morgan fingerprint density at radius 2 is 1.83 bits per heavy atom. The average Bonchev–Trinajstić information content (AvgIpc) is 3.41. The van der Waals surface area contributed by atoms with Crippen LogP contribution < -0.4 is 0 Å². The molecule has 2 unspecified atom stereocenters. The van der Waals surface area contributed by atoms with E-state index in [1.54, 1.807) is 24.5 Å². The van der Waals surface area contributed by atoms with Gasteiger partial charge in [0.25, 0.3) is 0 Å². The van der Waals surface area contributed by atoms with Crippen molar-refractivity contribution in [3.63, 3.8) is 0 Å². The summed E-state index contributed by atoms with van der Waals surface area (Å²) in [5.41, 5.74) is 5.04. The number of piperidine rings is 1. The number of fused-ring (bicyclic) bond motifs is 3. The van der Waals surface area contributed by atoms with Gasteiger partial charge in [0.05, 0.1) is 17.2 Å². The third kappa shape index (κ3) is 3.76. The minimum atomic E-state index is -0.202. The van der Waals surface area contributed by atoms with Gasteiger partial charge in [0.1, 0.15) is 11.4 Å². The first kappa shape index (κ1) is 22.8. The van der Waals surface area contributed by atoms with Gasteiger partial charge in [-0.3, -0.25) is 4.98 Å². The molecule has 2 aliphatic heterocycles. The van der Waals surface area contributed by atoms with Crippen molar-refractivity contribution in [1.82, 2.24) is 24.5 Å². The lowest BCUT2D eigenvalue weighted by molar-refractivity contribution is 0.0685. The number of aromatic nitrogens is 4. The zero-order chi connectivity index (χ0) is 24.8. The molecule has 0 saturated carbocycles. The van der Waals surface area contributed by atoms with E-state index < -0.39 is 0 Å². The fourth-order valence-electron chi connectivity index (χ4n) is 5.83. The van der Waals surface area contributed by atoms with Crippen LogP contribution in [0.15, 0.2) is 55.0 Å². The Kier molecular flexibility index (Phi) is 5.76. The summed E-state index contributed by atoms with van der Waals surface area (Å²) >= 11 is 6.10. The molecule has 6 rings (SSSR count). The van der Waals surface area contributed by atoms with Gasteiger partial charge in [0, 0.05) is 47.8 Å². The van der Waals surface area contributed by atoms with Gasteiger partial charge in [-0.1, -0.05) is 17.7 Å². The van der Waals surface area contributed by atoms with Crippen molar-refractivity contribution in [2.45, 2.75) is 50.6 Å². The highest BCUT2D eigenvalue weighted by Gasteiger charge is 2.45. The Hall–Kier alpha value is -3.65. The Morgan fingerprint density at radius 3 is 2.53 bits per heavy atom. The monoisotopic (exact) mass is 503 g/mol. The smallest absolute Gasteiger partial charge is 0.410 e. The molecular weight excluding hydrogens is 478 g/mol. The minimum Gasteiger partial charge on any atom is -0.506 e. The van der Waals surface area contributed by atoms with Crippen molar-refractivity contribution >= 4 is 23.3 Å². The molecule has 2 bridgehead atoms. The van der Waals surface area contributed by atoms with Crippen molar-refractivity contribution in [3.8, 4) is 28.1 Å². The number of amides is 1. The highest BCUT2D eigenvalue weighted by Crippen LogP contribution is 2.44. The van der Waals surface area contributed by atoms with E-state index in [9.17, 15) is 9.90 Å². The third-order valence-electron chi connectivity index (χ3n) is 7.37. The van der Waals surface area contributed by atoms with E-state index in [0.29, 0.717) is 12.3 Å². The highest BCUT2D eigenvalue weighted by molar-refractivity contribution is 6.32. The van der Waals surface area contributed by atoms with Crippen molar-refractivity contribution in [2.24, 2.45) is 0 Å². The Labute approximate surface area is 213 Å². The predicted molar refractivity (Wildman–Crippen MR) is 136 cm³/mol. The van der Waals surface area contributed by atoms with Crippen LogP contribution >= 0.6 is 11.6 Å². The van der Waals surface area contributed by atoms with Gasteiger partial charge in [-0.15, -0.1) is 0 Å². The number of rotatable bonds is 4. The van der Waals surface area contributed by atoms with Crippen LogP contribution in [0.4, 0.5) is 4.79 Å². The minimum absolute atomic E-state index is 0.00765. The Balaban J connectivity index is 1.46. The van der Waals surface area contributed by atoms with Gasteiger partial charge in [0.2, 0.25) is 0 Å². The Morgan fingerprint density at radius 1 is 1.08 bits per heavy atom. The number of nitrogens with zero attached hydrogens (tertiary/aromatic N) is 5. The van der Waals surface area contributed by atoms with Gasteiger partial charge >= 0.3 is 6.09 Å². The fourth-order valence-corrected chi connectivity index (χ4v) is 5.95. The van der Waals surface area contributed by atoms with Crippen LogP contribution in [0.25, 0.3) is 28.0 Å². The number of halogens is 1. The normalized spacial score (nSPS) is 21.2. The quantitative estimate of drug-likeness (QED) is 0.385. The van der Waals surface area contributed by atoms with Crippen molar-refractivity contribution < 1.29 is 14.6 Å². The molecule has 36 heavy (non-hydrogen) atoms. The maximum absolute atomic E-state index is 12.6. The molecule has 1 amide bonds. The van der Waals surface area contributed by atoms with Crippen LogP contribution in [0.5, 0.6) is 5.75 Å². The number of carbonyl (C=O) groups excluding carboxylic acids is 1. The molecule has 0 radical (unpaired) electrons. The molecule has 2 saturated heterocycles. The molecule has 184 valence electrons. The average molecular weight is 504 g/mol. The first-order valence-corrected chi connectivity index (χ1v) is 12.6. The molecule has 8 nitrogen and oxygen atoms in total. The first-order valence-electron chi connectivity index (χ1n) is 12.3. The number of aromatic hydroxyl groups is 1. The molecule has 5 heterocycles. The van der Waals surface area contributed by atoms with Crippen LogP contribution in [0, 0.1) is 0 Å². The third-order valence-corrected chi connectivity index (χ3v) is 7.69. The molecule has 1 aromatic carbocycles.